The Hall–Kier alpha value is -2.14. The zero-order chi connectivity index (χ0) is 16.6. The smallest absolute Gasteiger partial charge is 0.353 e. The van der Waals surface area contributed by atoms with Crippen molar-refractivity contribution in [1.82, 2.24) is 0 Å². The van der Waals surface area contributed by atoms with Crippen LogP contribution in [0, 0.1) is 0 Å². The summed E-state index contributed by atoms with van der Waals surface area (Å²) in [5, 5.41) is 0. The van der Waals surface area contributed by atoms with Crippen molar-refractivity contribution in [3.05, 3.63) is 60.7 Å². The van der Waals surface area contributed by atoms with E-state index in [1.54, 1.807) is 36.4 Å². The molecule has 0 amide bonds. The Morgan fingerprint density at radius 3 is 1.18 bits per heavy atom. The summed E-state index contributed by atoms with van der Waals surface area (Å²) in [7, 11) is -8.75. The summed E-state index contributed by atoms with van der Waals surface area (Å²) < 4.78 is 64.1. The lowest BCUT2D eigenvalue weighted by Crippen LogP contribution is -2.16. The molecule has 2 N–H and O–H groups in total. The Morgan fingerprint density at radius 2 is 0.909 bits per heavy atom. The zero-order valence-electron chi connectivity index (χ0n) is 10.9. The molecule has 120 valence electrons. The Kier molecular flexibility index (Phi) is 6.31. The quantitative estimate of drug-likeness (QED) is 0.800. The molecule has 0 aromatic heterocycles. The molecule has 2 aromatic carbocycles. The Balaban J connectivity index is 0.000000422. The molecule has 0 radical (unpaired) electrons. The Labute approximate surface area is 127 Å². The number of hydrogen-bond donors (Lipinski definition) is 2. The van der Waals surface area contributed by atoms with E-state index in [0.717, 1.165) is 0 Å². The van der Waals surface area contributed by atoms with Crippen molar-refractivity contribution in [2.24, 2.45) is 0 Å². The van der Waals surface area contributed by atoms with Crippen LogP contribution in [0.2, 0.25) is 0 Å². The minimum Gasteiger partial charge on any atom is -0.353 e. The lowest BCUT2D eigenvalue weighted by molar-refractivity contribution is 0.380. The molecule has 0 heterocycles. The molecule has 0 saturated carbocycles. The lowest BCUT2D eigenvalue weighted by Gasteiger charge is -2.07. The Morgan fingerprint density at radius 1 is 0.636 bits per heavy atom. The van der Waals surface area contributed by atoms with Crippen molar-refractivity contribution in [3.63, 3.8) is 0 Å². The molecule has 2 rings (SSSR count). The third-order valence-corrected chi connectivity index (χ3v) is 2.68. The number of benzene rings is 2. The number of rotatable bonds is 4. The number of para-hydroxylation sites is 2. The van der Waals surface area contributed by atoms with E-state index in [0.29, 0.717) is 0 Å². The first-order valence-electron chi connectivity index (χ1n) is 5.59. The predicted molar refractivity (Wildman–Crippen MR) is 77.2 cm³/mol. The zero-order valence-corrected chi connectivity index (χ0v) is 12.6. The third-order valence-electron chi connectivity index (χ3n) is 1.88. The van der Waals surface area contributed by atoms with E-state index in [1.165, 1.54) is 24.3 Å². The maximum atomic E-state index is 11.5. The second kappa shape index (κ2) is 7.75. The van der Waals surface area contributed by atoms with Gasteiger partial charge in [-0.15, -0.1) is 8.42 Å². The van der Waals surface area contributed by atoms with Crippen LogP contribution in [0.3, 0.4) is 0 Å². The molecule has 0 fully saturated rings. The van der Waals surface area contributed by atoms with Crippen molar-refractivity contribution >= 4 is 20.8 Å². The van der Waals surface area contributed by atoms with E-state index in [4.69, 9.17) is 25.9 Å². The fourth-order valence-corrected chi connectivity index (χ4v) is 1.93. The molecule has 10 heteroatoms. The van der Waals surface area contributed by atoms with Gasteiger partial charge in [0.1, 0.15) is 11.5 Å². The van der Waals surface area contributed by atoms with Crippen molar-refractivity contribution in [2.75, 3.05) is 0 Å². The highest BCUT2D eigenvalue weighted by Gasteiger charge is 2.14. The van der Waals surface area contributed by atoms with Crippen LogP contribution in [-0.4, -0.2) is 25.9 Å². The van der Waals surface area contributed by atoms with E-state index in [1.807, 2.05) is 0 Å². The van der Waals surface area contributed by atoms with Crippen molar-refractivity contribution in [1.29, 1.82) is 0 Å². The van der Waals surface area contributed by atoms with Gasteiger partial charge in [-0.2, -0.15) is 8.42 Å². The van der Waals surface area contributed by atoms with E-state index in [2.05, 4.69) is 0 Å². The molecular formula is C12H12O8S2. The maximum absolute atomic E-state index is 11.5. The summed E-state index contributed by atoms with van der Waals surface area (Å²) in [6.07, 6.45) is 0. The summed E-state index contributed by atoms with van der Waals surface area (Å²) in [5.41, 5.74) is 0. The van der Waals surface area contributed by atoms with E-state index in [9.17, 15) is 8.42 Å². The molecule has 0 aliphatic carbocycles. The van der Waals surface area contributed by atoms with E-state index >= 15 is 0 Å². The van der Waals surface area contributed by atoms with Gasteiger partial charge in [0.2, 0.25) is 0 Å². The van der Waals surface area contributed by atoms with Gasteiger partial charge in [0.25, 0.3) is 0 Å². The average molecular weight is 348 g/mol. The first-order valence-corrected chi connectivity index (χ1v) is 8.33. The second-order valence-electron chi connectivity index (χ2n) is 3.65. The monoisotopic (exact) mass is 348 g/mol. The van der Waals surface area contributed by atoms with Crippen molar-refractivity contribution < 1.29 is 34.3 Å². The first kappa shape index (κ1) is 17.9. The molecule has 0 bridgehead atoms. The van der Waals surface area contributed by atoms with Gasteiger partial charge in [0.05, 0.1) is 0 Å². The molecule has 0 atom stereocenters. The van der Waals surface area contributed by atoms with E-state index in [-0.39, 0.29) is 11.5 Å². The van der Waals surface area contributed by atoms with Crippen LogP contribution in [0.1, 0.15) is 0 Å². The van der Waals surface area contributed by atoms with Crippen LogP contribution >= 0.6 is 0 Å². The van der Waals surface area contributed by atoms with Gasteiger partial charge in [-0.3, -0.25) is 9.11 Å². The van der Waals surface area contributed by atoms with Gasteiger partial charge in [-0.1, -0.05) is 36.4 Å². The molecule has 8 nitrogen and oxygen atoms in total. The lowest BCUT2D eigenvalue weighted by atomic mass is 10.3. The topological polar surface area (TPSA) is 127 Å². The standard InChI is InChI=1S/C12H10O4S.H2O4S/c13-17(14,15-11-7-3-1-4-8-11)16-12-9-5-2-6-10-12;1-5(2,3)4/h1-10H;(H2,1,2,3,4). The molecule has 0 aliphatic rings. The summed E-state index contributed by atoms with van der Waals surface area (Å²) in [5.74, 6) is 0.423. The summed E-state index contributed by atoms with van der Waals surface area (Å²) in [6, 6.07) is 16.4. The van der Waals surface area contributed by atoms with Gasteiger partial charge in [-0.25, -0.2) is 0 Å². The molecule has 0 saturated heterocycles. The number of hydrogen-bond acceptors (Lipinski definition) is 6. The molecular weight excluding hydrogens is 336 g/mol. The van der Waals surface area contributed by atoms with Crippen LogP contribution in [0.5, 0.6) is 11.5 Å². The fraction of sp³-hybridized carbons (Fsp3) is 0. The average Bonchev–Trinajstić information content (AvgIpc) is 2.38. The van der Waals surface area contributed by atoms with Gasteiger partial charge < -0.3 is 8.37 Å². The predicted octanol–water partition coefficient (Wildman–Crippen LogP) is 1.74. The summed E-state index contributed by atoms with van der Waals surface area (Å²) >= 11 is 0. The van der Waals surface area contributed by atoms with Crippen LogP contribution in [0.4, 0.5) is 0 Å². The van der Waals surface area contributed by atoms with Gasteiger partial charge in [-0.05, 0) is 24.3 Å². The first-order chi connectivity index (χ1) is 10.2. The fourth-order valence-electron chi connectivity index (χ4n) is 1.20. The van der Waals surface area contributed by atoms with Gasteiger partial charge in [0.15, 0.2) is 0 Å². The Bertz CT molecular complexity index is 715. The molecule has 0 unspecified atom stereocenters. The molecule has 0 spiro atoms. The van der Waals surface area contributed by atoms with Crippen LogP contribution in [-0.2, 0) is 20.8 Å². The maximum Gasteiger partial charge on any atom is 0.500 e. The van der Waals surface area contributed by atoms with E-state index < -0.39 is 20.8 Å². The van der Waals surface area contributed by atoms with Crippen molar-refractivity contribution in [3.8, 4) is 11.5 Å². The highest BCUT2D eigenvalue weighted by atomic mass is 32.3. The SMILES string of the molecule is O=S(=O)(O)O.O=S(=O)(Oc1ccccc1)Oc1ccccc1. The molecule has 2 aromatic rings. The summed E-state index contributed by atoms with van der Waals surface area (Å²) in [6.45, 7) is 0. The molecule has 0 aliphatic heterocycles. The normalized spacial score (nSPS) is 11.0. The van der Waals surface area contributed by atoms with Gasteiger partial charge in [0, 0.05) is 0 Å². The van der Waals surface area contributed by atoms with Crippen LogP contribution in [0.25, 0.3) is 0 Å². The highest BCUT2D eigenvalue weighted by Crippen LogP contribution is 2.16. The molecule has 22 heavy (non-hydrogen) atoms. The van der Waals surface area contributed by atoms with Crippen molar-refractivity contribution in [2.45, 2.75) is 0 Å². The van der Waals surface area contributed by atoms with Crippen LogP contribution in [0.15, 0.2) is 60.7 Å². The largest absolute Gasteiger partial charge is 0.500 e. The minimum absolute atomic E-state index is 0.212. The highest BCUT2D eigenvalue weighted by molar-refractivity contribution is 7.82. The third kappa shape index (κ3) is 8.92. The van der Waals surface area contributed by atoms with Gasteiger partial charge >= 0.3 is 20.8 Å². The minimum atomic E-state index is -4.67. The van der Waals surface area contributed by atoms with Crippen LogP contribution < -0.4 is 8.37 Å². The summed E-state index contributed by atoms with van der Waals surface area (Å²) in [4.78, 5) is 0. The second-order valence-corrected chi connectivity index (χ2v) is 5.69.